The molecular formula is C35H39N3O9. The van der Waals surface area contributed by atoms with Crippen LogP contribution in [0.1, 0.15) is 55.7 Å². The summed E-state index contributed by atoms with van der Waals surface area (Å²) in [6.07, 6.45) is -1.36. The first-order chi connectivity index (χ1) is 22.5. The van der Waals surface area contributed by atoms with Crippen LogP contribution in [0.4, 0.5) is 15.3 Å². The number of benzene rings is 3. The molecule has 4 rings (SSSR count). The van der Waals surface area contributed by atoms with E-state index in [0.29, 0.717) is 48.1 Å². The minimum Gasteiger partial charge on any atom is -0.478 e. The Hall–Kier alpha value is -5.20. The molecule has 4 aromatic rings. The Kier molecular flexibility index (Phi) is 11.7. The molecule has 0 saturated carbocycles. The van der Waals surface area contributed by atoms with E-state index in [2.05, 4.69) is 10.5 Å². The van der Waals surface area contributed by atoms with Crippen molar-refractivity contribution in [3.05, 3.63) is 101 Å². The Labute approximate surface area is 273 Å². The SMILES string of the molecule is CCC(OC(=O)N(Cc1ccccc1)C(=O)Nc1ccc(COC)c(COC)c1)c1cc(-c2ccc(OC(C)(C)C(=O)O)cc2)no1. The Morgan fingerprint density at radius 2 is 1.62 bits per heavy atom. The van der Waals surface area contributed by atoms with Crippen LogP contribution < -0.4 is 10.1 Å². The lowest BCUT2D eigenvalue weighted by Gasteiger charge is -2.23. The molecule has 3 amide bonds. The van der Waals surface area contributed by atoms with Gasteiger partial charge in [0.1, 0.15) is 11.4 Å². The molecule has 0 aliphatic rings. The van der Waals surface area contributed by atoms with E-state index in [0.717, 1.165) is 21.6 Å². The number of carboxylic acids is 1. The van der Waals surface area contributed by atoms with Gasteiger partial charge < -0.3 is 33.9 Å². The average Bonchev–Trinajstić information content (AvgIpc) is 3.54. The van der Waals surface area contributed by atoms with E-state index in [1.165, 1.54) is 13.8 Å². The van der Waals surface area contributed by atoms with Crippen molar-refractivity contribution in [3.63, 3.8) is 0 Å². The van der Waals surface area contributed by atoms with Crippen LogP contribution in [0.5, 0.6) is 5.75 Å². The third-order valence-corrected chi connectivity index (χ3v) is 7.20. The van der Waals surface area contributed by atoms with Crippen molar-refractivity contribution in [3.8, 4) is 17.0 Å². The van der Waals surface area contributed by atoms with Crippen LogP contribution in [-0.4, -0.2) is 53.1 Å². The van der Waals surface area contributed by atoms with Crippen LogP contribution in [0.3, 0.4) is 0 Å². The first-order valence-corrected chi connectivity index (χ1v) is 15.0. The molecule has 0 bridgehead atoms. The van der Waals surface area contributed by atoms with Crippen molar-refractivity contribution < 1.29 is 43.0 Å². The molecule has 0 radical (unpaired) electrons. The number of nitrogens with one attached hydrogen (secondary N) is 1. The molecule has 0 aliphatic heterocycles. The van der Waals surface area contributed by atoms with Gasteiger partial charge in [0, 0.05) is 31.5 Å². The number of aromatic nitrogens is 1. The predicted molar refractivity (Wildman–Crippen MR) is 173 cm³/mol. The number of imide groups is 1. The summed E-state index contributed by atoms with van der Waals surface area (Å²) in [6.45, 7) is 5.40. The van der Waals surface area contributed by atoms with Gasteiger partial charge in [-0.2, -0.15) is 0 Å². The fourth-order valence-corrected chi connectivity index (χ4v) is 4.60. The monoisotopic (exact) mass is 645 g/mol. The summed E-state index contributed by atoms with van der Waals surface area (Å²) in [5, 5.41) is 16.3. The fraction of sp³-hybridized carbons (Fsp3) is 0.314. The smallest absolute Gasteiger partial charge is 0.419 e. The van der Waals surface area contributed by atoms with E-state index in [1.807, 2.05) is 43.3 Å². The van der Waals surface area contributed by atoms with Gasteiger partial charge >= 0.3 is 18.1 Å². The topological polar surface area (TPSA) is 150 Å². The maximum Gasteiger partial charge on any atom is 0.419 e. The molecule has 0 fully saturated rings. The lowest BCUT2D eigenvalue weighted by Crippen LogP contribution is -2.40. The van der Waals surface area contributed by atoms with Gasteiger partial charge in [0.05, 0.1) is 19.8 Å². The van der Waals surface area contributed by atoms with E-state index in [9.17, 15) is 19.5 Å². The summed E-state index contributed by atoms with van der Waals surface area (Å²) in [7, 11) is 3.18. The number of carboxylic acid groups (broad SMARTS) is 1. The maximum atomic E-state index is 13.6. The highest BCUT2D eigenvalue weighted by Crippen LogP contribution is 2.29. The minimum absolute atomic E-state index is 0.0383. The lowest BCUT2D eigenvalue weighted by atomic mass is 10.1. The lowest BCUT2D eigenvalue weighted by molar-refractivity contribution is -0.152. The summed E-state index contributed by atoms with van der Waals surface area (Å²) >= 11 is 0. The second-order valence-electron chi connectivity index (χ2n) is 11.2. The molecule has 1 aromatic heterocycles. The zero-order chi connectivity index (χ0) is 34.0. The molecule has 2 N–H and O–H groups in total. The zero-order valence-corrected chi connectivity index (χ0v) is 27.0. The number of hydrogen-bond donors (Lipinski definition) is 2. The Balaban J connectivity index is 1.51. The van der Waals surface area contributed by atoms with Gasteiger partial charge in [-0.1, -0.05) is 48.5 Å². The van der Waals surface area contributed by atoms with E-state index in [1.54, 1.807) is 56.7 Å². The standard InChI is InChI=1S/C35H39N3O9/c1-6-30(31-19-29(37-47-31)24-13-16-28(17-14-24)46-35(2,3)32(39)40)45-34(42)38(20-23-10-8-7-9-11-23)33(41)36-27-15-12-25(21-43-4)26(18-27)22-44-5/h7-19,30H,6,20-22H2,1-5H3,(H,36,41)(H,39,40). The normalized spacial score (nSPS) is 11.9. The van der Waals surface area contributed by atoms with Gasteiger partial charge in [-0.05, 0) is 73.4 Å². The summed E-state index contributed by atoms with van der Waals surface area (Å²) in [6, 6.07) is 22.1. The van der Waals surface area contributed by atoms with Crippen molar-refractivity contribution in [1.82, 2.24) is 10.1 Å². The van der Waals surface area contributed by atoms with Crippen LogP contribution in [0, 0.1) is 0 Å². The number of nitrogens with zero attached hydrogens (tertiary/aromatic N) is 2. The second-order valence-corrected chi connectivity index (χ2v) is 11.2. The van der Waals surface area contributed by atoms with E-state index in [-0.39, 0.29) is 6.54 Å². The van der Waals surface area contributed by atoms with Gasteiger partial charge in [-0.3, -0.25) is 0 Å². The van der Waals surface area contributed by atoms with Crippen molar-refractivity contribution in [2.24, 2.45) is 0 Å². The number of anilines is 1. The molecule has 12 nitrogen and oxygen atoms in total. The maximum absolute atomic E-state index is 13.6. The first kappa shape index (κ1) is 34.7. The largest absolute Gasteiger partial charge is 0.478 e. The minimum atomic E-state index is -1.40. The number of aliphatic carboxylic acids is 1. The summed E-state index contributed by atoms with van der Waals surface area (Å²) < 4.78 is 27.5. The number of methoxy groups -OCH3 is 2. The van der Waals surface area contributed by atoms with Crippen molar-refractivity contribution in [2.45, 2.75) is 58.7 Å². The van der Waals surface area contributed by atoms with Crippen LogP contribution in [0.15, 0.2) is 83.4 Å². The van der Waals surface area contributed by atoms with E-state index in [4.69, 9.17) is 23.5 Å². The number of carbonyl (C=O) groups is 3. The molecule has 0 saturated heterocycles. The highest BCUT2D eigenvalue weighted by Gasteiger charge is 2.30. The highest BCUT2D eigenvalue weighted by molar-refractivity contribution is 5.99. The predicted octanol–water partition coefficient (Wildman–Crippen LogP) is 7.20. The Morgan fingerprint density at radius 1 is 0.936 bits per heavy atom. The molecule has 1 unspecified atom stereocenters. The molecule has 47 heavy (non-hydrogen) atoms. The van der Waals surface area contributed by atoms with Crippen LogP contribution in [0.25, 0.3) is 11.3 Å². The van der Waals surface area contributed by atoms with Gasteiger partial charge in [0.2, 0.25) is 0 Å². The molecule has 0 spiro atoms. The highest BCUT2D eigenvalue weighted by atomic mass is 16.6. The number of rotatable bonds is 14. The van der Waals surface area contributed by atoms with Gasteiger partial charge in [-0.25, -0.2) is 19.3 Å². The quantitative estimate of drug-likeness (QED) is 0.144. The summed E-state index contributed by atoms with van der Waals surface area (Å²) in [5.41, 5.74) is 2.71. The fourth-order valence-electron chi connectivity index (χ4n) is 4.60. The molecule has 248 valence electrons. The number of ether oxygens (including phenoxy) is 4. The van der Waals surface area contributed by atoms with E-state index < -0.39 is 29.8 Å². The molecule has 3 aromatic carbocycles. The number of hydrogen-bond acceptors (Lipinski definition) is 9. The number of urea groups is 1. The number of amides is 3. The van der Waals surface area contributed by atoms with Crippen molar-refractivity contribution >= 4 is 23.8 Å². The molecule has 1 heterocycles. The van der Waals surface area contributed by atoms with Crippen molar-refractivity contribution in [2.75, 3.05) is 19.5 Å². The van der Waals surface area contributed by atoms with Crippen LogP contribution in [0.2, 0.25) is 0 Å². The third kappa shape index (κ3) is 9.18. The molecule has 1 atom stereocenters. The average molecular weight is 646 g/mol. The number of carbonyl (C=O) groups excluding carboxylic acids is 2. The van der Waals surface area contributed by atoms with Crippen LogP contribution >= 0.6 is 0 Å². The Bertz CT molecular complexity index is 1650. The third-order valence-electron chi connectivity index (χ3n) is 7.20. The Morgan fingerprint density at radius 3 is 2.26 bits per heavy atom. The van der Waals surface area contributed by atoms with Gasteiger partial charge in [0.25, 0.3) is 0 Å². The molecule has 0 aliphatic carbocycles. The van der Waals surface area contributed by atoms with Gasteiger partial charge in [-0.15, -0.1) is 0 Å². The second kappa shape index (κ2) is 15.9. The van der Waals surface area contributed by atoms with Crippen molar-refractivity contribution in [1.29, 1.82) is 0 Å². The van der Waals surface area contributed by atoms with E-state index >= 15 is 0 Å². The summed E-state index contributed by atoms with van der Waals surface area (Å²) in [4.78, 5) is 39.5. The zero-order valence-electron chi connectivity index (χ0n) is 27.0. The molecular weight excluding hydrogens is 606 g/mol. The molecule has 12 heteroatoms. The summed E-state index contributed by atoms with van der Waals surface area (Å²) in [5.74, 6) is -0.417. The van der Waals surface area contributed by atoms with Crippen LogP contribution in [-0.2, 0) is 38.8 Å². The van der Waals surface area contributed by atoms with Gasteiger partial charge in [0.15, 0.2) is 17.5 Å². The first-order valence-electron chi connectivity index (χ1n) is 15.0.